The van der Waals surface area contributed by atoms with Gasteiger partial charge in [0.05, 0.1) is 0 Å². The summed E-state index contributed by atoms with van der Waals surface area (Å²) < 4.78 is 37.1. The topological polar surface area (TPSA) is 52.6 Å². The first-order valence-electron chi connectivity index (χ1n) is 7.14. The molecule has 0 saturated carbocycles. The molecule has 0 heterocycles. The maximum absolute atomic E-state index is 12.4. The van der Waals surface area contributed by atoms with E-state index in [1.807, 2.05) is 60.7 Å². The van der Waals surface area contributed by atoms with Crippen LogP contribution in [0.4, 0.5) is 0 Å². The summed E-state index contributed by atoms with van der Waals surface area (Å²) in [4.78, 5) is 0. The summed E-state index contributed by atoms with van der Waals surface area (Å²) in [5.41, 5.74) is 0. The van der Waals surface area contributed by atoms with E-state index in [4.69, 9.17) is 6.70 Å². The van der Waals surface area contributed by atoms with Crippen molar-refractivity contribution in [3.8, 4) is 5.75 Å². The van der Waals surface area contributed by atoms with Crippen LogP contribution in [0.25, 0.3) is 0 Å². The molecule has 0 radical (unpaired) electrons. The zero-order chi connectivity index (χ0) is 16.8. The summed E-state index contributed by atoms with van der Waals surface area (Å²) >= 11 is -2.64. The van der Waals surface area contributed by atoms with Crippen LogP contribution in [0.3, 0.4) is 0 Å². The zero-order valence-electron chi connectivity index (χ0n) is 12.6. The molecule has 0 fully saturated rings. The number of benzene rings is 3. The van der Waals surface area contributed by atoms with E-state index >= 15 is 0 Å². The Kier molecular flexibility index (Phi) is 5.49. The first kappa shape index (κ1) is 16.9. The van der Waals surface area contributed by atoms with E-state index in [2.05, 4.69) is 0 Å². The molecule has 0 amide bonds. The van der Waals surface area contributed by atoms with Crippen molar-refractivity contribution in [3.63, 3.8) is 0 Å². The second-order valence-corrected chi connectivity index (χ2v) is 10.8. The van der Waals surface area contributed by atoms with Crippen LogP contribution in [-0.2, 0) is 12.9 Å². The van der Waals surface area contributed by atoms with E-state index in [9.17, 15) is 8.42 Å². The molecule has 0 spiro atoms. The summed E-state index contributed by atoms with van der Waals surface area (Å²) in [5, 5.41) is 0. The Morgan fingerprint density at radius 2 is 1.04 bits per heavy atom. The summed E-state index contributed by atoms with van der Waals surface area (Å²) in [5.74, 6) is 0.231. The van der Waals surface area contributed by atoms with Crippen molar-refractivity contribution in [2.45, 2.75) is 0 Å². The molecule has 24 heavy (non-hydrogen) atoms. The molecule has 0 aliphatic heterocycles. The fourth-order valence-electron chi connectivity index (χ4n) is 1.94. The van der Waals surface area contributed by atoms with Gasteiger partial charge in [-0.05, 0) is 0 Å². The number of rotatable bonds is 6. The van der Waals surface area contributed by atoms with E-state index < -0.39 is 30.6 Å². The van der Waals surface area contributed by atoms with Crippen molar-refractivity contribution in [3.05, 3.63) is 98.1 Å². The average molecular weight is 454 g/mol. The fraction of sp³-hybridized carbons (Fsp3) is 0. The van der Waals surface area contributed by atoms with Crippen LogP contribution in [0.2, 0.25) is 0 Å². The predicted molar refractivity (Wildman–Crippen MR) is 101 cm³/mol. The van der Waals surface area contributed by atoms with E-state index in [0.717, 1.165) is 7.14 Å². The third-order valence-electron chi connectivity index (χ3n) is 2.94. The van der Waals surface area contributed by atoms with Crippen LogP contribution in [0.1, 0.15) is 0 Å². The van der Waals surface area contributed by atoms with E-state index in [1.54, 1.807) is 30.3 Å². The van der Waals surface area contributed by atoms with Gasteiger partial charge in [-0.1, -0.05) is 0 Å². The van der Waals surface area contributed by atoms with Gasteiger partial charge in [0.1, 0.15) is 0 Å². The van der Waals surface area contributed by atoms with E-state index in [1.165, 1.54) is 0 Å². The Morgan fingerprint density at radius 1 is 0.625 bits per heavy atom. The molecule has 0 atom stereocenters. The minimum atomic E-state index is -4.16. The summed E-state index contributed by atoms with van der Waals surface area (Å²) in [6.45, 7) is 0. The summed E-state index contributed by atoms with van der Waals surface area (Å²) in [6.07, 6.45) is 0. The van der Waals surface area contributed by atoms with Gasteiger partial charge in [-0.25, -0.2) is 0 Å². The molecule has 0 N–H and O–H groups in total. The second kappa shape index (κ2) is 7.78. The van der Waals surface area contributed by atoms with Crippen molar-refractivity contribution >= 4 is 30.6 Å². The van der Waals surface area contributed by atoms with Crippen molar-refractivity contribution in [1.29, 1.82) is 0 Å². The molecule has 0 aromatic heterocycles. The van der Waals surface area contributed by atoms with Gasteiger partial charge >= 0.3 is 150 Å². The first-order valence-corrected chi connectivity index (χ1v) is 11.5. The SMILES string of the molecule is O=S(=O)(Oc1ccccc1)OI(c1ccccc1)c1ccccc1. The second-order valence-electron chi connectivity index (χ2n) is 4.71. The fourth-order valence-corrected chi connectivity index (χ4v) is 8.26. The van der Waals surface area contributed by atoms with Crippen LogP contribution in [-0.4, -0.2) is 8.42 Å². The van der Waals surface area contributed by atoms with Gasteiger partial charge in [0.25, 0.3) is 0 Å². The molecule has 0 unspecified atom stereocenters. The zero-order valence-corrected chi connectivity index (χ0v) is 15.6. The predicted octanol–water partition coefficient (Wildman–Crippen LogP) is 4.49. The van der Waals surface area contributed by atoms with E-state index in [-0.39, 0.29) is 5.75 Å². The van der Waals surface area contributed by atoms with Crippen molar-refractivity contribution in [2.24, 2.45) is 0 Å². The van der Waals surface area contributed by atoms with Crippen molar-refractivity contribution < 1.29 is 15.1 Å². The van der Waals surface area contributed by atoms with Gasteiger partial charge in [-0.2, -0.15) is 0 Å². The Hall–Kier alpha value is -1.90. The molecule has 0 aliphatic rings. The average Bonchev–Trinajstić information content (AvgIpc) is 2.62. The normalized spacial score (nSPS) is 11.8. The molecule has 6 heteroatoms. The number of para-hydroxylation sites is 1. The molecule has 4 nitrogen and oxygen atoms in total. The van der Waals surface area contributed by atoms with Gasteiger partial charge in [-0.3, -0.25) is 0 Å². The number of hydrogen-bond acceptors (Lipinski definition) is 4. The Bertz CT molecular complexity index is 829. The van der Waals surface area contributed by atoms with Crippen molar-refractivity contribution in [1.82, 2.24) is 0 Å². The standard InChI is InChI=1S/C18H15IO4S/c20-24(21,22-18-14-8-3-9-15-18)23-19(16-10-4-1-5-11-16)17-12-6-2-7-13-17/h1-15H. The molecule has 3 aromatic rings. The number of halogens is 1. The first-order chi connectivity index (χ1) is 11.6. The Balaban J connectivity index is 1.89. The third-order valence-corrected chi connectivity index (χ3v) is 9.72. The molecule has 0 saturated heterocycles. The van der Waals surface area contributed by atoms with Gasteiger partial charge in [-0.15, -0.1) is 0 Å². The van der Waals surface area contributed by atoms with Gasteiger partial charge in [0.15, 0.2) is 0 Å². The summed E-state index contributed by atoms with van der Waals surface area (Å²) in [7, 11) is -4.16. The van der Waals surface area contributed by atoms with Crippen LogP contribution in [0.5, 0.6) is 5.75 Å². The van der Waals surface area contributed by atoms with Gasteiger partial charge in [0.2, 0.25) is 0 Å². The minimum absolute atomic E-state index is 0.231. The molecule has 3 aromatic carbocycles. The molecule has 0 bridgehead atoms. The molecule has 3 rings (SSSR count). The van der Waals surface area contributed by atoms with Crippen LogP contribution < -0.4 is 4.18 Å². The monoisotopic (exact) mass is 454 g/mol. The summed E-state index contributed by atoms with van der Waals surface area (Å²) in [6, 6.07) is 27.1. The van der Waals surface area contributed by atoms with Crippen LogP contribution in [0, 0.1) is 7.14 Å². The molecular weight excluding hydrogens is 439 g/mol. The Morgan fingerprint density at radius 3 is 1.50 bits per heavy atom. The van der Waals surface area contributed by atoms with Crippen LogP contribution in [0.15, 0.2) is 91.0 Å². The molecule has 0 aliphatic carbocycles. The number of hydrogen-bond donors (Lipinski definition) is 0. The quantitative estimate of drug-likeness (QED) is 0.516. The maximum atomic E-state index is 12.4. The Labute approximate surface area is 149 Å². The molecule has 124 valence electrons. The van der Waals surface area contributed by atoms with Crippen LogP contribution >= 0.6 is 20.2 Å². The van der Waals surface area contributed by atoms with E-state index in [0.29, 0.717) is 0 Å². The third kappa shape index (κ3) is 4.56. The van der Waals surface area contributed by atoms with Crippen molar-refractivity contribution in [2.75, 3.05) is 0 Å². The van der Waals surface area contributed by atoms with Gasteiger partial charge < -0.3 is 0 Å². The molecular formula is C18H15IO4S. The van der Waals surface area contributed by atoms with Gasteiger partial charge in [0, 0.05) is 0 Å².